The standard InChI is InChI=1S/C21H19N3O4S2/c1-2-23(21-22-14-7-3-5-9-16(14)30-21)18(25)12-28-20(27)11-24-15-8-4-6-10-17(15)29-13-19(24)26/h3-10H,2,11-13H2,1H3. The van der Waals surface area contributed by atoms with Crippen LogP contribution in [0.2, 0.25) is 0 Å². The Labute approximate surface area is 181 Å². The summed E-state index contributed by atoms with van der Waals surface area (Å²) in [5, 5.41) is 0.567. The van der Waals surface area contributed by atoms with Crippen LogP contribution in [0.3, 0.4) is 0 Å². The van der Waals surface area contributed by atoms with Crippen molar-refractivity contribution in [3.63, 3.8) is 0 Å². The van der Waals surface area contributed by atoms with Gasteiger partial charge in [-0.3, -0.25) is 24.2 Å². The van der Waals surface area contributed by atoms with Crippen molar-refractivity contribution in [3.8, 4) is 0 Å². The third-order valence-electron chi connectivity index (χ3n) is 4.58. The molecule has 1 aliphatic heterocycles. The van der Waals surface area contributed by atoms with Gasteiger partial charge in [0.05, 0.1) is 21.7 Å². The minimum atomic E-state index is -0.626. The second-order valence-electron chi connectivity index (χ2n) is 6.50. The van der Waals surface area contributed by atoms with Crippen molar-refractivity contribution in [1.29, 1.82) is 0 Å². The molecule has 0 unspecified atom stereocenters. The van der Waals surface area contributed by atoms with Gasteiger partial charge in [-0.15, -0.1) is 11.8 Å². The first-order valence-corrected chi connectivity index (χ1v) is 11.2. The molecule has 30 heavy (non-hydrogen) atoms. The molecule has 2 aromatic carbocycles. The molecule has 2 heterocycles. The van der Waals surface area contributed by atoms with Gasteiger partial charge in [0.25, 0.3) is 5.91 Å². The van der Waals surface area contributed by atoms with Gasteiger partial charge in [0, 0.05) is 11.4 Å². The van der Waals surface area contributed by atoms with Crippen LogP contribution in [-0.4, -0.2) is 48.2 Å². The van der Waals surface area contributed by atoms with Crippen molar-refractivity contribution < 1.29 is 19.1 Å². The third-order valence-corrected chi connectivity index (χ3v) is 6.69. The van der Waals surface area contributed by atoms with Gasteiger partial charge in [0.15, 0.2) is 11.7 Å². The Morgan fingerprint density at radius 3 is 2.73 bits per heavy atom. The smallest absolute Gasteiger partial charge is 0.326 e. The summed E-state index contributed by atoms with van der Waals surface area (Å²) in [4.78, 5) is 45.6. The van der Waals surface area contributed by atoms with Crippen LogP contribution in [-0.2, 0) is 19.1 Å². The number of thiazole rings is 1. The molecule has 0 spiro atoms. The fraction of sp³-hybridized carbons (Fsp3) is 0.238. The van der Waals surface area contributed by atoms with Crippen LogP contribution in [0.4, 0.5) is 10.8 Å². The minimum absolute atomic E-state index is 0.161. The van der Waals surface area contributed by atoms with Crippen LogP contribution in [0.15, 0.2) is 53.4 Å². The first kappa shape index (κ1) is 20.4. The highest BCUT2D eigenvalue weighted by Crippen LogP contribution is 2.34. The maximum absolute atomic E-state index is 12.6. The van der Waals surface area contributed by atoms with Gasteiger partial charge in [0.2, 0.25) is 5.91 Å². The third kappa shape index (κ3) is 4.17. The van der Waals surface area contributed by atoms with E-state index in [0.717, 1.165) is 15.1 Å². The number of para-hydroxylation sites is 2. The van der Waals surface area contributed by atoms with E-state index in [1.165, 1.54) is 32.9 Å². The normalized spacial score (nSPS) is 13.2. The van der Waals surface area contributed by atoms with Crippen LogP contribution in [0.1, 0.15) is 6.92 Å². The molecule has 0 N–H and O–H groups in total. The number of ether oxygens (including phenoxy) is 1. The lowest BCUT2D eigenvalue weighted by Gasteiger charge is -2.28. The van der Waals surface area contributed by atoms with Crippen LogP contribution in [0.25, 0.3) is 10.2 Å². The zero-order valence-electron chi connectivity index (χ0n) is 16.2. The van der Waals surface area contributed by atoms with E-state index in [1.54, 1.807) is 6.07 Å². The van der Waals surface area contributed by atoms with Crippen molar-refractivity contribution in [2.75, 3.05) is 35.2 Å². The number of aromatic nitrogens is 1. The summed E-state index contributed by atoms with van der Waals surface area (Å²) in [5.74, 6) is -0.874. The zero-order valence-corrected chi connectivity index (χ0v) is 17.9. The molecule has 9 heteroatoms. The molecule has 7 nitrogen and oxygen atoms in total. The molecule has 0 radical (unpaired) electrons. The van der Waals surface area contributed by atoms with Crippen molar-refractivity contribution in [3.05, 3.63) is 48.5 Å². The van der Waals surface area contributed by atoms with Crippen molar-refractivity contribution in [1.82, 2.24) is 4.98 Å². The summed E-state index contributed by atoms with van der Waals surface area (Å²) >= 11 is 2.85. The van der Waals surface area contributed by atoms with E-state index in [1.807, 2.05) is 49.4 Å². The summed E-state index contributed by atoms with van der Waals surface area (Å²) in [7, 11) is 0. The number of carbonyl (C=O) groups excluding carboxylic acids is 3. The number of likely N-dealkylation sites (N-methyl/N-ethyl adjacent to an activating group) is 1. The summed E-state index contributed by atoms with van der Waals surface area (Å²) in [5.41, 5.74) is 1.51. The van der Waals surface area contributed by atoms with Gasteiger partial charge in [0.1, 0.15) is 6.54 Å². The highest BCUT2D eigenvalue weighted by Gasteiger charge is 2.27. The number of fused-ring (bicyclic) bond motifs is 2. The van der Waals surface area contributed by atoms with E-state index < -0.39 is 12.6 Å². The lowest BCUT2D eigenvalue weighted by atomic mass is 10.2. The van der Waals surface area contributed by atoms with E-state index in [0.29, 0.717) is 17.4 Å². The van der Waals surface area contributed by atoms with Crippen LogP contribution in [0.5, 0.6) is 0 Å². The number of hydrogen-bond donors (Lipinski definition) is 0. The zero-order chi connectivity index (χ0) is 21.1. The molecule has 0 saturated carbocycles. The average molecular weight is 442 g/mol. The molecule has 2 amide bonds. The summed E-state index contributed by atoms with van der Waals surface area (Å²) < 4.78 is 6.18. The molecule has 1 aromatic heterocycles. The average Bonchev–Trinajstić information content (AvgIpc) is 3.18. The SMILES string of the molecule is CCN(C(=O)COC(=O)CN1C(=O)CSc2ccccc21)c1nc2ccccc2s1. The van der Waals surface area contributed by atoms with E-state index >= 15 is 0 Å². The number of nitrogens with zero attached hydrogens (tertiary/aromatic N) is 3. The Balaban J connectivity index is 1.39. The molecule has 0 bridgehead atoms. The monoisotopic (exact) mass is 441 g/mol. The minimum Gasteiger partial charge on any atom is -0.454 e. The predicted molar refractivity (Wildman–Crippen MR) is 118 cm³/mol. The van der Waals surface area contributed by atoms with Gasteiger partial charge < -0.3 is 4.74 Å². The molecular weight excluding hydrogens is 422 g/mol. The van der Waals surface area contributed by atoms with Crippen molar-refractivity contribution >= 4 is 61.9 Å². The first-order chi connectivity index (χ1) is 14.6. The Hall–Kier alpha value is -2.91. The van der Waals surface area contributed by atoms with E-state index in [9.17, 15) is 14.4 Å². The predicted octanol–water partition coefficient (Wildman–Crippen LogP) is 3.33. The molecule has 1 aliphatic rings. The second kappa shape index (κ2) is 8.85. The van der Waals surface area contributed by atoms with Crippen LogP contribution >= 0.6 is 23.1 Å². The Bertz CT molecular complexity index is 1080. The number of thioether (sulfide) groups is 1. The number of amides is 2. The van der Waals surface area contributed by atoms with Gasteiger partial charge in [-0.1, -0.05) is 35.6 Å². The lowest BCUT2D eigenvalue weighted by molar-refractivity contribution is -0.146. The van der Waals surface area contributed by atoms with Crippen molar-refractivity contribution in [2.45, 2.75) is 11.8 Å². The molecule has 3 aromatic rings. The Morgan fingerprint density at radius 2 is 1.93 bits per heavy atom. The number of carbonyl (C=O) groups is 3. The maximum Gasteiger partial charge on any atom is 0.326 e. The van der Waals surface area contributed by atoms with E-state index in [4.69, 9.17) is 4.74 Å². The summed E-state index contributed by atoms with van der Waals surface area (Å²) in [6.07, 6.45) is 0. The molecule has 4 rings (SSSR count). The first-order valence-electron chi connectivity index (χ1n) is 9.40. The topological polar surface area (TPSA) is 79.8 Å². The number of rotatable bonds is 6. The van der Waals surface area contributed by atoms with E-state index in [2.05, 4.69) is 4.98 Å². The molecule has 154 valence electrons. The van der Waals surface area contributed by atoms with Gasteiger partial charge >= 0.3 is 5.97 Å². The second-order valence-corrected chi connectivity index (χ2v) is 8.53. The highest BCUT2D eigenvalue weighted by atomic mass is 32.2. The molecular formula is C21H19N3O4S2. The van der Waals surface area contributed by atoms with Crippen LogP contribution in [0, 0.1) is 0 Å². The summed E-state index contributed by atoms with van der Waals surface area (Å²) in [6, 6.07) is 15.1. The van der Waals surface area contributed by atoms with Crippen LogP contribution < -0.4 is 9.80 Å². The number of anilines is 2. The van der Waals surface area contributed by atoms with Crippen molar-refractivity contribution in [2.24, 2.45) is 0 Å². The molecule has 0 atom stereocenters. The Kier molecular flexibility index (Phi) is 6.01. The van der Waals surface area contributed by atoms with Gasteiger partial charge in [-0.2, -0.15) is 0 Å². The molecule has 0 saturated heterocycles. The van der Waals surface area contributed by atoms with Gasteiger partial charge in [-0.05, 0) is 31.2 Å². The maximum atomic E-state index is 12.6. The Morgan fingerprint density at radius 1 is 1.17 bits per heavy atom. The van der Waals surface area contributed by atoms with Gasteiger partial charge in [-0.25, -0.2) is 4.98 Å². The largest absolute Gasteiger partial charge is 0.454 e. The number of hydrogen-bond acceptors (Lipinski definition) is 7. The molecule has 0 fully saturated rings. The fourth-order valence-corrected chi connectivity index (χ4v) is 5.10. The van der Waals surface area contributed by atoms with E-state index in [-0.39, 0.29) is 24.1 Å². The lowest BCUT2D eigenvalue weighted by Crippen LogP contribution is -2.41. The summed E-state index contributed by atoms with van der Waals surface area (Å²) in [6.45, 7) is 1.62. The number of esters is 1. The number of benzene rings is 2. The quantitative estimate of drug-likeness (QED) is 0.546. The molecule has 0 aliphatic carbocycles. The highest BCUT2D eigenvalue weighted by molar-refractivity contribution is 8.00. The fourth-order valence-electron chi connectivity index (χ4n) is 3.12.